The Labute approximate surface area is 106 Å². The summed E-state index contributed by atoms with van der Waals surface area (Å²) in [6.45, 7) is 8.45. The summed E-state index contributed by atoms with van der Waals surface area (Å²) in [6, 6.07) is 9.50. The number of nitrogens with two attached hydrogens (primary N) is 1. The van der Waals surface area contributed by atoms with Crippen molar-refractivity contribution in [1.82, 2.24) is 4.90 Å². The molecule has 1 rings (SSSR count). The largest absolute Gasteiger partial charge is 0.330 e. The maximum Gasteiger partial charge on any atom is 0.0233 e. The summed E-state index contributed by atoms with van der Waals surface area (Å²) < 4.78 is 0. The summed E-state index contributed by atoms with van der Waals surface area (Å²) in [5, 5.41) is 0. The first kappa shape index (κ1) is 14.2. The fraction of sp³-hybridized carbons (Fsp3) is 0.600. The molecule has 2 N–H and O–H groups in total. The zero-order valence-corrected chi connectivity index (χ0v) is 11.6. The van der Waals surface area contributed by atoms with E-state index in [0.717, 1.165) is 19.5 Å². The van der Waals surface area contributed by atoms with Crippen LogP contribution in [0.15, 0.2) is 24.3 Å². The van der Waals surface area contributed by atoms with Crippen molar-refractivity contribution in [3.63, 3.8) is 0 Å². The molecule has 0 amide bonds. The van der Waals surface area contributed by atoms with E-state index in [-0.39, 0.29) is 0 Å². The van der Waals surface area contributed by atoms with Gasteiger partial charge in [0.25, 0.3) is 0 Å². The molecule has 0 bridgehead atoms. The average molecular weight is 234 g/mol. The van der Waals surface area contributed by atoms with Crippen LogP contribution in [-0.4, -0.2) is 24.5 Å². The van der Waals surface area contributed by atoms with E-state index in [1.807, 2.05) is 0 Å². The lowest BCUT2D eigenvalue weighted by atomic mass is 10.0. The number of hydrogen-bond donors (Lipinski definition) is 1. The fourth-order valence-corrected chi connectivity index (χ4v) is 1.91. The van der Waals surface area contributed by atoms with Crippen molar-refractivity contribution < 1.29 is 0 Å². The molecule has 1 aromatic rings. The molecule has 0 aliphatic heterocycles. The van der Waals surface area contributed by atoms with E-state index in [4.69, 9.17) is 5.73 Å². The molecular formula is C15H26N2. The fourth-order valence-electron chi connectivity index (χ4n) is 1.91. The van der Waals surface area contributed by atoms with Crippen LogP contribution < -0.4 is 5.73 Å². The lowest BCUT2D eigenvalue weighted by molar-refractivity contribution is 0.240. The molecular weight excluding hydrogens is 208 g/mol. The van der Waals surface area contributed by atoms with Crippen LogP contribution in [0.2, 0.25) is 0 Å². The van der Waals surface area contributed by atoms with Gasteiger partial charge in [-0.25, -0.2) is 0 Å². The van der Waals surface area contributed by atoms with Crippen LogP contribution in [0.25, 0.3) is 0 Å². The molecule has 0 aromatic heterocycles. The quantitative estimate of drug-likeness (QED) is 0.820. The zero-order valence-electron chi connectivity index (χ0n) is 11.6. The van der Waals surface area contributed by atoms with E-state index in [1.165, 1.54) is 11.1 Å². The smallest absolute Gasteiger partial charge is 0.0233 e. The SMILES string of the molecule is CC(C)c1ccc(CN(C)C(C)CCN)cc1. The van der Waals surface area contributed by atoms with Crippen molar-refractivity contribution in [2.24, 2.45) is 5.73 Å². The molecule has 1 atom stereocenters. The molecule has 0 aliphatic rings. The lowest BCUT2D eigenvalue weighted by Crippen LogP contribution is -2.30. The first-order chi connectivity index (χ1) is 8.04. The summed E-state index contributed by atoms with van der Waals surface area (Å²) in [7, 11) is 2.16. The van der Waals surface area contributed by atoms with Crippen molar-refractivity contribution in [3.8, 4) is 0 Å². The van der Waals surface area contributed by atoms with E-state index >= 15 is 0 Å². The second-order valence-electron chi connectivity index (χ2n) is 5.24. The molecule has 96 valence electrons. The molecule has 0 saturated carbocycles. The summed E-state index contributed by atoms with van der Waals surface area (Å²) in [5.74, 6) is 0.609. The molecule has 0 spiro atoms. The van der Waals surface area contributed by atoms with Gasteiger partial charge in [-0.3, -0.25) is 4.90 Å². The van der Waals surface area contributed by atoms with Gasteiger partial charge >= 0.3 is 0 Å². The van der Waals surface area contributed by atoms with Crippen LogP contribution in [-0.2, 0) is 6.54 Å². The van der Waals surface area contributed by atoms with Gasteiger partial charge in [-0.15, -0.1) is 0 Å². The van der Waals surface area contributed by atoms with E-state index in [2.05, 4.69) is 57.0 Å². The summed E-state index contributed by atoms with van der Waals surface area (Å²) in [5.41, 5.74) is 8.37. The first-order valence-electron chi connectivity index (χ1n) is 6.53. The van der Waals surface area contributed by atoms with E-state index < -0.39 is 0 Å². The second-order valence-corrected chi connectivity index (χ2v) is 5.24. The topological polar surface area (TPSA) is 29.3 Å². The highest BCUT2D eigenvalue weighted by Gasteiger charge is 2.08. The van der Waals surface area contributed by atoms with Crippen molar-refractivity contribution in [1.29, 1.82) is 0 Å². The Hall–Kier alpha value is -0.860. The predicted molar refractivity (Wildman–Crippen MR) is 75.1 cm³/mol. The molecule has 17 heavy (non-hydrogen) atoms. The Morgan fingerprint density at radius 1 is 1.12 bits per heavy atom. The van der Waals surface area contributed by atoms with Gasteiger partial charge in [0, 0.05) is 12.6 Å². The standard InChI is InChI=1S/C15H26N2/c1-12(2)15-7-5-14(6-8-15)11-17(4)13(3)9-10-16/h5-8,12-13H,9-11,16H2,1-4H3. The molecule has 0 fully saturated rings. The average Bonchev–Trinajstić information content (AvgIpc) is 2.30. The second kappa shape index (κ2) is 6.77. The van der Waals surface area contributed by atoms with Crippen LogP contribution in [0.4, 0.5) is 0 Å². The van der Waals surface area contributed by atoms with Crippen LogP contribution in [0.5, 0.6) is 0 Å². The van der Waals surface area contributed by atoms with E-state index in [1.54, 1.807) is 0 Å². The highest BCUT2D eigenvalue weighted by Crippen LogP contribution is 2.16. The van der Waals surface area contributed by atoms with Gasteiger partial charge in [-0.1, -0.05) is 38.1 Å². The summed E-state index contributed by atoms with van der Waals surface area (Å²) in [6.07, 6.45) is 1.06. The van der Waals surface area contributed by atoms with Gasteiger partial charge in [-0.2, -0.15) is 0 Å². The Kier molecular flexibility index (Phi) is 5.66. The van der Waals surface area contributed by atoms with Crippen LogP contribution in [0.3, 0.4) is 0 Å². The van der Waals surface area contributed by atoms with E-state index in [0.29, 0.717) is 12.0 Å². The molecule has 2 heteroatoms. The minimum Gasteiger partial charge on any atom is -0.330 e. The van der Waals surface area contributed by atoms with Crippen LogP contribution in [0, 0.1) is 0 Å². The highest BCUT2D eigenvalue weighted by atomic mass is 15.1. The van der Waals surface area contributed by atoms with Crippen LogP contribution >= 0.6 is 0 Å². The molecule has 1 aromatic carbocycles. The van der Waals surface area contributed by atoms with Crippen molar-refractivity contribution >= 4 is 0 Å². The third kappa shape index (κ3) is 4.49. The van der Waals surface area contributed by atoms with E-state index in [9.17, 15) is 0 Å². The third-order valence-electron chi connectivity index (χ3n) is 3.42. The number of benzene rings is 1. The normalized spacial score (nSPS) is 13.4. The third-order valence-corrected chi connectivity index (χ3v) is 3.42. The van der Waals surface area contributed by atoms with Crippen LogP contribution in [0.1, 0.15) is 44.2 Å². The maximum atomic E-state index is 5.59. The van der Waals surface area contributed by atoms with Gasteiger partial charge in [-0.05, 0) is 44.0 Å². The van der Waals surface area contributed by atoms with Gasteiger partial charge in [0.15, 0.2) is 0 Å². The number of nitrogens with zero attached hydrogens (tertiary/aromatic N) is 1. The minimum atomic E-state index is 0.546. The van der Waals surface area contributed by atoms with Gasteiger partial charge < -0.3 is 5.73 Å². The van der Waals surface area contributed by atoms with Crippen molar-refractivity contribution in [2.45, 2.75) is 45.7 Å². The summed E-state index contributed by atoms with van der Waals surface area (Å²) in [4.78, 5) is 2.36. The molecule has 0 heterocycles. The van der Waals surface area contributed by atoms with Crippen molar-refractivity contribution in [3.05, 3.63) is 35.4 Å². The van der Waals surface area contributed by atoms with Crippen molar-refractivity contribution in [2.75, 3.05) is 13.6 Å². The first-order valence-corrected chi connectivity index (χ1v) is 6.53. The Bertz CT molecular complexity index is 316. The Morgan fingerprint density at radius 3 is 2.18 bits per heavy atom. The predicted octanol–water partition coefficient (Wildman–Crippen LogP) is 2.98. The van der Waals surface area contributed by atoms with Gasteiger partial charge in [0.2, 0.25) is 0 Å². The molecule has 0 radical (unpaired) electrons. The number of hydrogen-bond acceptors (Lipinski definition) is 2. The number of rotatable bonds is 6. The molecule has 0 aliphatic carbocycles. The molecule has 1 unspecified atom stereocenters. The van der Waals surface area contributed by atoms with Gasteiger partial charge in [0.1, 0.15) is 0 Å². The minimum absolute atomic E-state index is 0.546. The maximum absolute atomic E-state index is 5.59. The Balaban J connectivity index is 2.56. The van der Waals surface area contributed by atoms with Gasteiger partial charge in [0.05, 0.1) is 0 Å². The highest BCUT2D eigenvalue weighted by molar-refractivity contribution is 5.24. The zero-order chi connectivity index (χ0) is 12.8. The summed E-state index contributed by atoms with van der Waals surface area (Å²) >= 11 is 0. The molecule has 2 nitrogen and oxygen atoms in total. The monoisotopic (exact) mass is 234 g/mol. The Morgan fingerprint density at radius 2 is 1.71 bits per heavy atom. The molecule has 0 saturated heterocycles. The lowest BCUT2D eigenvalue weighted by Gasteiger charge is -2.24.